The molecule has 0 bridgehead atoms. The van der Waals surface area contributed by atoms with Crippen LogP contribution < -0.4 is 5.32 Å². The van der Waals surface area contributed by atoms with E-state index in [2.05, 4.69) is 37.2 Å². The molecule has 1 rings (SSSR count). The number of halogens is 3. The first-order chi connectivity index (χ1) is 8.41. The summed E-state index contributed by atoms with van der Waals surface area (Å²) in [6, 6.07) is 5.54. The SMILES string of the molecule is CCC(C)(CCCl)NC(=O)c1cc(Br)ccc1Br. The van der Waals surface area contributed by atoms with Crippen LogP contribution in [0.25, 0.3) is 0 Å². The van der Waals surface area contributed by atoms with Crippen LogP contribution >= 0.6 is 43.5 Å². The van der Waals surface area contributed by atoms with Crippen molar-refractivity contribution >= 4 is 49.4 Å². The average molecular weight is 398 g/mol. The highest BCUT2D eigenvalue weighted by Crippen LogP contribution is 2.23. The van der Waals surface area contributed by atoms with E-state index in [1.54, 1.807) is 6.07 Å². The summed E-state index contributed by atoms with van der Waals surface area (Å²) in [6.07, 6.45) is 1.60. The Bertz CT molecular complexity index is 439. The molecule has 1 atom stereocenters. The monoisotopic (exact) mass is 395 g/mol. The van der Waals surface area contributed by atoms with Gasteiger partial charge >= 0.3 is 0 Å². The van der Waals surface area contributed by atoms with Crippen LogP contribution in [0.2, 0.25) is 0 Å². The normalized spacial score (nSPS) is 14.1. The highest BCUT2D eigenvalue weighted by Gasteiger charge is 2.25. The first-order valence-corrected chi connectivity index (χ1v) is 7.87. The highest BCUT2D eigenvalue weighted by atomic mass is 79.9. The third-order valence-electron chi connectivity index (χ3n) is 3.01. The number of rotatable bonds is 5. The lowest BCUT2D eigenvalue weighted by atomic mass is 9.95. The van der Waals surface area contributed by atoms with E-state index in [9.17, 15) is 4.79 Å². The number of alkyl halides is 1. The molecule has 1 aromatic rings. The van der Waals surface area contributed by atoms with E-state index in [4.69, 9.17) is 11.6 Å². The zero-order chi connectivity index (χ0) is 13.8. The predicted molar refractivity (Wildman–Crippen MR) is 83.3 cm³/mol. The number of amides is 1. The first-order valence-electron chi connectivity index (χ1n) is 5.75. The summed E-state index contributed by atoms with van der Waals surface area (Å²) in [5.74, 6) is 0.447. The molecule has 0 fully saturated rings. The Morgan fingerprint density at radius 2 is 2.11 bits per heavy atom. The molecule has 5 heteroatoms. The van der Waals surface area contributed by atoms with Gasteiger partial charge in [-0.25, -0.2) is 0 Å². The predicted octanol–water partition coefficient (Wildman–Crippen LogP) is 4.74. The molecule has 2 nitrogen and oxygen atoms in total. The van der Waals surface area contributed by atoms with Crippen molar-refractivity contribution in [3.63, 3.8) is 0 Å². The minimum Gasteiger partial charge on any atom is -0.347 e. The van der Waals surface area contributed by atoms with Gasteiger partial charge in [-0.15, -0.1) is 11.6 Å². The molecule has 1 N–H and O–H groups in total. The van der Waals surface area contributed by atoms with Crippen LogP contribution in [0, 0.1) is 0 Å². The number of benzene rings is 1. The van der Waals surface area contributed by atoms with E-state index in [0.717, 1.165) is 21.8 Å². The number of carbonyl (C=O) groups is 1. The van der Waals surface area contributed by atoms with E-state index >= 15 is 0 Å². The van der Waals surface area contributed by atoms with Gasteiger partial charge < -0.3 is 5.32 Å². The van der Waals surface area contributed by atoms with Crippen LogP contribution in [0.15, 0.2) is 27.1 Å². The Morgan fingerprint density at radius 3 is 2.67 bits per heavy atom. The molecule has 0 aromatic heterocycles. The van der Waals surface area contributed by atoms with Crippen LogP contribution in [-0.4, -0.2) is 17.3 Å². The fourth-order valence-corrected chi connectivity index (χ4v) is 2.75. The molecule has 0 heterocycles. The third-order valence-corrected chi connectivity index (χ3v) is 4.39. The summed E-state index contributed by atoms with van der Waals surface area (Å²) < 4.78 is 1.67. The molecule has 0 saturated carbocycles. The van der Waals surface area contributed by atoms with Gasteiger partial charge in [0.15, 0.2) is 0 Å². The van der Waals surface area contributed by atoms with Gasteiger partial charge in [-0.2, -0.15) is 0 Å². The van der Waals surface area contributed by atoms with Gasteiger partial charge in [0, 0.05) is 20.4 Å². The van der Waals surface area contributed by atoms with Crippen molar-refractivity contribution in [1.29, 1.82) is 0 Å². The largest absolute Gasteiger partial charge is 0.347 e. The highest BCUT2D eigenvalue weighted by molar-refractivity contribution is 9.11. The van der Waals surface area contributed by atoms with Crippen molar-refractivity contribution in [1.82, 2.24) is 5.32 Å². The lowest BCUT2D eigenvalue weighted by molar-refractivity contribution is 0.0900. The van der Waals surface area contributed by atoms with Gasteiger partial charge in [-0.1, -0.05) is 22.9 Å². The fraction of sp³-hybridized carbons (Fsp3) is 0.462. The smallest absolute Gasteiger partial charge is 0.252 e. The van der Waals surface area contributed by atoms with Crippen molar-refractivity contribution in [3.8, 4) is 0 Å². The maximum Gasteiger partial charge on any atom is 0.252 e. The molecular weight excluding hydrogens is 381 g/mol. The summed E-state index contributed by atoms with van der Waals surface area (Å²) in [4.78, 5) is 12.3. The van der Waals surface area contributed by atoms with E-state index in [0.29, 0.717) is 11.4 Å². The van der Waals surface area contributed by atoms with Crippen molar-refractivity contribution in [2.24, 2.45) is 0 Å². The summed E-state index contributed by atoms with van der Waals surface area (Å²) in [6.45, 7) is 4.06. The van der Waals surface area contributed by atoms with E-state index in [1.165, 1.54) is 0 Å². The van der Waals surface area contributed by atoms with E-state index in [-0.39, 0.29) is 11.4 Å². The maximum atomic E-state index is 12.3. The molecule has 0 radical (unpaired) electrons. The summed E-state index contributed by atoms with van der Waals surface area (Å²) in [5, 5.41) is 3.05. The quantitative estimate of drug-likeness (QED) is 0.715. The van der Waals surface area contributed by atoms with Gasteiger partial charge in [0.1, 0.15) is 0 Å². The first kappa shape index (κ1) is 16.0. The molecule has 0 saturated heterocycles. The number of hydrogen-bond donors (Lipinski definition) is 1. The molecule has 0 aliphatic carbocycles. The molecule has 1 unspecified atom stereocenters. The van der Waals surface area contributed by atoms with Crippen molar-refractivity contribution in [2.45, 2.75) is 32.2 Å². The molecule has 0 spiro atoms. The van der Waals surface area contributed by atoms with Gasteiger partial charge in [-0.3, -0.25) is 4.79 Å². The Morgan fingerprint density at radius 1 is 1.44 bits per heavy atom. The molecule has 1 aromatic carbocycles. The summed E-state index contributed by atoms with van der Waals surface area (Å²) >= 11 is 12.5. The second-order valence-electron chi connectivity index (χ2n) is 4.43. The van der Waals surface area contributed by atoms with Crippen LogP contribution in [0.4, 0.5) is 0 Å². The van der Waals surface area contributed by atoms with Crippen molar-refractivity contribution in [2.75, 3.05) is 5.88 Å². The molecular formula is C13H16Br2ClNO. The van der Waals surface area contributed by atoms with Gasteiger partial charge in [0.05, 0.1) is 5.56 Å². The summed E-state index contributed by atoms with van der Waals surface area (Å²) in [5.41, 5.74) is 0.360. The Hall–Kier alpha value is -0.0600. The van der Waals surface area contributed by atoms with Crippen LogP contribution in [0.5, 0.6) is 0 Å². The number of hydrogen-bond acceptors (Lipinski definition) is 1. The topological polar surface area (TPSA) is 29.1 Å². The average Bonchev–Trinajstić information content (AvgIpc) is 2.32. The minimum atomic E-state index is -0.263. The zero-order valence-corrected chi connectivity index (χ0v) is 14.3. The molecule has 0 aliphatic heterocycles. The van der Waals surface area contributed by atoms with Crippen LogP contribution in [0.3, 0.4) is 0 Å². The Labute approximate surface area is 130 Å². The number of carbonyl (C=O) groups excluding carboxylic acids is 1. The van der Waals surface area contributed by atoms with E-state index in [1.807, 2.05) is 26.0 Å². The molecule has 1 amide bonds. The summed E-state index contributed by atoms with van der Waals surface area (Å²) in [7, 11) is 0. The molecule has 0 aliphatic rings. The Kier molecular flexibility index (Phi) is 6.15. The molecule has 100 valence electrons. The number of nitrogens with one attached hydrogen (secondary N) is 1. The third kappa shape index (κ3) is 4.25. The van der Waals surface area contributed by atoms with Gasteiger partial charge in [0.2, 0.25) is 0 Å². The van der Waals surface area contributed by atoms with E-state index < -0.39 is 0 Å². The fourth-order valence-electron chi connectivity index (χ4n) is 1.55. The lowest BCUT2D eigenvalue weighted by Gasteiger charge is -2.29. The maximum absolute atomic E-state index is 12.3. The second kappa shape index (κ2) is 6.92. The van der Waals surface area contributed by atoms with Crippen molar-refractivity contribution in [3.05, 3.63) is 32.7 Å². The minimum absolute atomic E-state index is 0.0855. The lowest BCUT2D eigenvalue weighted by Crippen LogP contribution is -2.45. The molecule has 18 heavy (non-hydrogen) atoms. The van der Waals surface area contributed by atoms with Crippen LogP contribution in [-0.2, 0) is 0 Å². The second-order valence-corrected chi connectivity index (χ2v) is 6.58. The Balaban J connectivity index is 2.90. The van der Waals surface area contributed by atoms with Crippen LogP contribution in [0.1, 0.15) is 37.0 Å². The van der Waals surface area contributed by atoms with Gasteiger partial charge in [-0.05, 0) is 53.9 Å². The van der Waals surface area contributed by atoms with Gasteiger partial charge in [0.25, 0.3) is 5.91 Å². The standard InChI is InChI=1S/C13H16Br2ClNO/c1-3-13(2,6-7-16)17-12(18)10-8-9(14)4-5-11(10)15/h4-5,8H,3,6-7H2,1-2H3,(H,17,18). The van der Waals surface area contributed by atoms with Crippen molar-refractivity contribution < 1.29 is 4.79 Å². The zero-order valence-electron chi connectivity index (χ0n) is 10.4.